The van der Waals surface area contributed by atoms with Gasteiger partial charge in [0.2, 0.25) is 0 Å². The predicted molar refractivity (Wildman–Crippen MR) is 89.9 cm³/mol. The molecule has 0 spiro atoms. The summed E-state index contributed by atoms with van der Waals surface area (Å²) in [5.41, 5.74) is 1.07. The lowest BCUT2D eigenvalue weighted by Gasteiger charge is -2.16. The molecule has 0 aliphatic carbocycles. The van der Waals surface area contributed by atoms with Crippen molar-refractivity contribution in [2.75, 3.05) is 19.3 Å². The van der Waals surface area contributed by atoms with Gasteiger partial charge >= 0.3 is 0 Å². The van der Waals surface area contributed by atoms with Crippen molar-refractivity contribution in [3.05, 3.63) is 47.3 Å². The van der Waals surface area contributed by atoms with Crippen LogP contribution < -0.4 is 0 Å². The highest BCUT2D eigenvalue weighted by Gasteiger charge is 2.35. The highest BCUT2D eigenvalue weighted by Crippen LogP contribution is 2.24. The van der Waals surface area contributed by atoms with Gasteiger partial charge in [-0.25, -0.2) is 8.42 Å². The molecule has 8 heteroatoms. The molecule has 7 nitrogen and oxygen atoms in total. The van der Waals surface area contributed by atoms with Crippen molar-refractivity contribution in [2.45, 2.75) is 24.3 Å². The lowest BCUT2D eigenvalue weighted by molar-refractivity contribution is 0.0764. The Balaban J connectivity index is 1.73. The van der Waals surface area contributed by atoms with E-state index in [0.29, 0.717) is 24.3 Å². The van der Waals surface area contributed by atoms with Crippen molar-refractivity contribution in [3.63, 3.8) is 0 Å². The van der Waals surface area contributed by atoms with E-state index in [4.69, 9.17) is 4.52 Å². The zero-order valence-corrected chi connectivity index (χ0v) is 14.9. The van der Waals surface area contributed by atoms with E-state index in [1.165, 1.54) is 12.1 Å². The van der Waals surface area contributed by atoms with E-state index in [-0.39, 0.29) is 23.3 Å². The number of carbonyl (C=O) groups excluding carboxylic acids is 1. The smallest absolute Gasteiger partial charge is 0.253 e. The topological polar surface area (TPSA) is 101 Å². The van der Waals surface area contributed by atoms with E-state index in [1.54, 1.807) is 17.0 Å². The first kappa shape index (κ1) is 17.6. The normalized spacial score (nSPS) is 20.8. The number of aliphatic hydroxyl groups excluding tert-OH is 1. The Kier molecular flexibility index (Phi) is 4.66. The van der Waals surface area contributed by atoms with E-state index in [1.807, 2.05) is 13.0 Å². The summed E-state index contributed by atoms with van der Waals surface area (Å²) in [6, 6.07) is 7.77. The predicted octanol–water partition coefficient (Wildman–Crippen LogP) is 1.06. The van der Waals surface area contributed by atoms with Crippen LogP contribution in [0.15, 0.2) is 39.8 Å². The zero-order valence-electron chi connectivity index (χ0n) is 14.0. The first-order valence-electron chi connectivity index (χ1n) is 7.93. The Morgan fingerprint density at radius 1 is 1.36 bits per heavy atom. The van der Waals surface area contributed by atoms with Gasteiger partial charge in [0.15, 0.2) is 9.84 Å². The third kappa shape index (κ3) is 3.91. The second-order valence-corrected chi connectivity index (χ2v) is 8.49. The van der Waals surface area contributed by atoms with Gasteiger partial charge in [-0.15, -0.1) is 0 Å². The van der Waals surface area contributed by atoms with Crippen LogP contribution in [0.5, 0.6) is 0 Å². The fourth-order valence-corrected chi connectivity index (χ4v) is 3.70. The number of hydrogen-bond acceptors (Lipinski definition) is 6. The third-order valence-electron chi connectivity index (χ3n) is 4.34. The third-order valence-corrected chi connectivity index (χ3v) is 5.45. The maximum Gasteiger partial charge on any atom is 0.253 e. The van der Waals surface area contributed by atoms with Gasteiger partial charge < -0.3 is 14.5 Å². The Hall–Kier alpha value is -2.19. The van der Waals surface area contributed by atoms with Crippen LogP contribution in [-0.2, 0) is 16.3 Å². The monoisotopic (exact) mass is 364 g/mol. The quantitative estimate of drug-likeness (QED) is 0.871. The minimum atomic E-state index is -3.38. The number of benzene rings is 1. The van der Waals surface area contributed by atoms with E-state index < -0.39 is 15.9 Å². The summed E-state index contributed by atoms with van der Waals surface area (Å²) in [6.07, 6.45) is 0.938. The molecule has 0 saturated carbocycles. The number of hydrogen-bond donors (Lipinski definition) is 1. The molecule has 2 atom stereocenters. The Morgan fingerprint density at radius 3 is 2.76 bits per heavy atom. The number of aromatic nitrogens is 1. The molecule has 134 valence electrons. The molecule has 1 aromatic carbocycles. The van der Waals surface area contributed by atoms with E-state index >= 15 is 0 Å². The number of β-amino-alcohol motifs (C(OH)–C–C–N with tert-alkyl or cyclic N) is 1. The van der Waals surface area contributed by atoms with Gasteiger partial charge in [-0.2, -0.15) is 0 Å². The molecule has 25 heavy (non-hydrogen) atoms. The van der Waals surface area contributed by atoms with Crippen LogP contribution in [-0.4, -0.2) is 54.9 Å². The van der Waals surface area contributed by atoms with Gasteiger partial charge in [0, 0.05) is 43.3 Å². The second kappa shape index (κ2) is 6.61. The Bertz CT molecular complexity index is 890. The molecule has 1 aromatic heterocycles. The highest BCUT2D eigenvalue weighted by atomic mass is 32.2. The van der Waals surface area contributed by atoms with Crippen LogP contribution in [0.1, 0.15) is 21.8 Å². The molecule has 1 N–H and O–H groups in total. The maximum atomic E-state index is 12.7. The van der Waals surface area contributed by atoms with Crippen LogP contribution in [0, 0.1) is 12.8 Å². The SMILES string of the molecule is Cc1cc(C[C@@H]2CN(C(=O)c3cccc(S(C)(=O)=O)c3)C[C@@H]2O)on1. The second-order valence-electron chi connectivity index (χ2n) is 6.48. The van der Waals surface area contributed by atoms with Crippen molar-refractivity contribution in [2.24, 2.45) is 5.92 Å². The fourth-order valence-electron chi connectivity index (χ4n) is 3.03. The van der Waals surface area contributed by atoms with Crippen LogP contribution in [0.3, 0.4) is 0 Å². The van der Waals surface area contributed by atoms with E-state index in [0.717, 1.165) is 11.9 Å². The van der Waals surface area contributed by atoms with Crippen LogP contribution in [0.4, 0.5) is 0 Å². The zero-order chi connectivity index (χ0) is 18.2. The van der Waals surface area contributed by atoms with Crippen LogP contribution >= 0.6 is 0 Å². The highest BCUT2D eigenvalue weighted by molar-refractivity contribution is 7.90. The van der Waals surface area contributed by atoms with Gasteiger partial charge in [-0.05, 0) is 25.1 Å². The minimum Gasteiger partial charge on any atom is -0.391 e. The fraction of sp³-hybridized carbons (Fsp3) is 0.412. The van der Waals surface area contributed by atoms with Crippen LogP contribution in [0.25, 0.3) is 0 Å². The number of rotatable bonds is 4. The molecule has 1 fully saturated rings. The number of aliphatic hydroxyl groups is 1. The minimum absolute atomic E-state index is 0.104. The summed E-state index contributed by atoms with van der Waals surface area (Å²) < 4.78 is 28.5. The van der Waals surface area contributed by atoms with Crippen molar-refractivity contribution >= 4 is 15.7 Å². The van der Waals surface area contributed by atoms with Gasteiger partial charge in [-0.1, -0.05) is 11.2 Å². The number of carbonyl (C=O) groups is 1. The van der Waals surface area contributed by atoms with Gasteiger partial charge in [0.1, 0.15) is 5.76 Å². The summed E-state index contributed by atoms with van der Waals surface area (Å²) in [4.78, 5) is 14.3. The molecule has 1 aliphatic heterocycles. The molecule has 3 rings (SSSR count). The molecule has 2 aromatic rings. The molecule has 2 heterocycles. The molecule has 0 radical (unpaired) electrons. The molecular weight excluding hydrogens is 344 g/mol. The summed E-state index contributed by atoms with van der Waals surface area (Å²) in [6.45, 7) is 2.41. The summed E-state index contributed by atoms with van der Waals surface area (Å²) >= 11 is 0. The molecule has 0 unspecified atom stereocenters. The lowest BCUT2D eigenvalue weighted by atomic mass is 10.0. The first-order chi connectivity index (χ1) is 11.7. The van der Waals surface area contributed by atoms with Crippen molar-refractivity contribution in [1.82, 2.24) is 10.1 Å². The van der Waals surface area contributed by atoms with Crippen LogP contribution in [0.2, 0.25) is 0 Å². The molecule has 0 bridgehead atoms. The van der Waals surface area contributed by atoms with Crippen molar-refractivity contribution < 1.29 is 22.8 Å². The number of aryl methyl sites for hydroxylation is 1. The van der Waals surface area contributed by atoms with E-state index in [2.05, 4.69) is 5.16 Å². The lowest BCUT2D eigenvalue weighted by Crippen LogP contribution is -2.29. The summed E-state index contributed by atoms with van der Waals surface area (Å²) in [5, 5.41) is 14.1. The largest absolute Gasteiger partial charge is 0.391 e. The first-order valence-corrected chi connectivity index (χ1v) is 9.83. The Labute approximate surface area is 146 Å². The number of sulfone groups is 1. The summed E-state index contributed by atoms with van der Waals surface area (Å²) in [5.74, 6) is 0.241. The molecule has 1 saturated heterocycles. The van der Waals surface area contributed by atoms with Gasteiger partial charge in [-0.3, -0.25) is 4.79 Å². The van der Waals surface area contributed by atoms with E-state index in [9.17, 15) is 18.3 Å². The summed E-state index contributed by atoms with van der Waals surface area (Å²) in [7, 11) is -3.38. The van der Waals surface area contributed by atoms with Gasteiger partial charge in [0.25, 0.3) is 5.91 Å². The van der Waals surface area contributed by atoms with Gasteiger partial charge in [0.05, 0.1) is 16.7 Å². The standard InChI is InChI=1S/C17H20N2O5S/c1-11-6-14(24-18-11)7-13-9-19(10-16(13)20)17(21)12-4-3-5-15(8-12)25(2,22)23/h3-6,8,13,16,20H,7,9-10H2,1-2H3/t13-,16+/m1/s1. The maximum absolute atomic E-state index is 12.7. The average Bonchev–Trinajstić information content (AvgIpc) is 3.12. The average molecular weight is 364 g/mol. The molecular formula is C17H20N2O5S. The number of amides is 1. The number of likely N-dealkylation sites (tertiary alicyclic amines) is 1. The Morgan fingerprint density at radius 2 is 2.12 bits per heavy atom. The molecule has 1 amide bonds. The van der Waals surface area contributed by atoms with Crippen molar-refractivity contribution in [3.8, 4) is 0 Å². The van der Waals surface area contributed by atoms with Crippen molar-refractivity contribution in [1.29, 1.82) is 0 Å². The number of nitrogens with zero attached hydrogens (tertiary/aromatic N) is 2. The molecule has 1 aliphatic rings.